The van der Waals surface area contributed by atoms with Crippen LogP contribution in [0.15, 0.2) is 140 Å². The molecule has 0 saturated carbocycles. The van der Waals surface area contributed by atoms with Gasteiger partial charge in [0.05, 0.1) is 24.5 Å². The molecule has 1 saturated heterocycles. The van der Waals surface area contributed by atoms with Gasteiger partial charge in [-0.25, -0.2) is 0 Å². The largest absolute Gasteiger partial charge is 0.497 e. The minimum absolute atomic E-state index is 0.146. The van der Waals surface area contributed by atoms with E-state index in [-0.39, 0.29) is 11.8 Å². The van der Waals surface area contributed by atoms with Crippen molar-refractivity contribution >= 4 is 23.2 Å². The van der Waals surface area contributed by atoms with Crippen molar-refractivity contribution in [2.75, 3.05) is 16.9 Å². The quantitative estimate of drug-likeness (QED) is 0.204. The zero-order valence-corrected chi connectivity index (χ0v) is 23.7. The molecule has 43 heavy (non-hydrogen) atoms. The number of benzene rings is 5. The van der Waals surface area contributed by atoms with E-state index < -0.39 is 17.7 Å². The van der Waals surface area contributed by atoms with Crippen molar-refractivity contribution in [3.8, 4) is 11.5 Å². The molecular formula is C37H30N2O4. The Labute approximate surface area is 250 Å². The van der Waals surface area contributed by atoms with Crippen LogP contribution in [0, 0.1) is 0 Å². The normalized spacial score (nSPS) is 20.7. The number of para-hydroxylation sites is 3. The SMILES string of the molecule is COc1ccc([C@@H]2C[C@@]3(c4ccccc4)[C@@H](Oc4ccccc4)C(=O)N3c3ccccc3N2C(=O)c2ccccc2)cc1. The molecule has 0 radical (unpaired) electrons. The Balaban J connectivity index is 1.48. The Hall–Kier alpha value is -5.36. The number of rotatable bonds is 6. The van der Waals surface area contributed by atoms with Crippen LogP contribution in [0.25, 0.3) is 0 Å². The lowest BCUT2D eigenvalue weighted by molar-refractivity contribution is -0.142. The molecular weight excluding hydrogens is 536 g/mol. The van der Waals surface area contributed by atoms with Gasteiger partial charge in [-0.15, -0.1) is 0 Å². The molecule has 5 aromatic rings. The second-order valence-electron chi connectivity index (χ2n) is 10.8. The zero-order chi connectivity index (χ0) is 29.4. The number of carbonyl (C=O) groups excluding carboxylic acids is 2. The lowest BCUT2D eigenvalue weighted by Crippen LogP contribution is -2.74. The summed E-state index contributed by atoms with van der Waals surface area (Å²) in [5.74, 6) is 1.05. The van der Waals surface area contributed by atoms with Crippen molar-refractivity contribution in [3.63, 3.8) is 0 Å². The van der Waals surface area contributed by atoms with Crippen LogP contribution in [0.4, 0.5) is 11.4 Å². The molecule has 2 aliphatic heterocycles. The summed E-state index contributed by atoms with van der Waals surface area (Å²) in [7, 11) is 1.63. The first kappa shape index (κ1) is 26.5. The Bertz CT molecular complexity index is 1760. The van der Waals surface area contributed by atoms with Crippen molar-refractivity contribution in [2.45, 2.75) is 24.1 Å². The number of β-lactam (4-membered cyclic amide) rings is 1. The average Bonchev–Trinajstić information content (AvgIpc) is 3.19. The van der Waals surface area contributed by atoms with E-state index in [4.69, 9.17) is 9.47 Å². The minimum atomic E-state index is -0.902. The van der Waals surface area contributed by atoms with E-state index in [1.807, 2.05) is 149 Å². The third-order valence-electron chi connectivity index (χ3n) is 8.49. The molecule has 6 heteroatoms. The number of amides is 2. The van der Waals surface area contributed by atoms with Crippen LogP contribution in [-0.2, 0) is 10.3 Å². The first-order valence-corrected chi connectivity index (χ1v) is 14.3. The summed E-state index contributed by atoms with van der Waals surface area (Å²) in [4.78, 5) is 32.5. The number of ether oxygens (including phenoxy) is 2. The summed E-state index contributed by atoms with van der Waals surface area (Å²) < 4.78 is 12.0. The highest BCUT2D eigenvalue weighted by Gasteiger charge is 2.66. The highest BCUT2D eigenvalue weighted by molar-refractivity contribution is 6.14. The van der Waals surface area contributed by atoms with Crippen molar-refractivity contribution in [1.29, 1.82) is 0 Å². The monoisotopic (exact) mass is 566 g/mol. The maximum atomic E-state index is 14.5. The highest BCUT2D eigenvalue weighted by Crippen LogP contribution is 2.57. The van der Waals surface area contributed by atoms with Crippen LogP contribution >= 0.6 is 0 Å². The first-order chi connectivity index (χ1) is 21.1. The van der Waals surface area contributed by atoms with Gasteiger partial charge >= 0.3 is 0 Å². The summed E-state index contributed by atoms with van der Waals surface area (Å²) in [6.07, 6.45) is -0.405. The molecule has 212 valence electrons. The number of nitrogens with zero attached hydrogens (tertiary/aromatic N) is 2. The van der Waals surface area contributed by atoms with Crippen LogP contribution in [-0.4, -0.2) is 25.0 Å². The van der Waals surface area contributed by atoms with Gasteiger partial charge in [0, 0.05) is 12.0 Å². The first-order valence-electron chi connectivity index (χ1n) is 14.3. The molecule has 6 nitrogen and oxygen atoms in total. The maximum absolute atomic E-state index is 14.5. The van der Waals surface area contributed by atoms with Crippen molar-refractivity contribution < 1.29 is 19.1 Å². The standard InChI is InChI=1S/C37H30N2O4/c1-42-29-23-21-26(22-24-29)33-25-37(28-15-7-3-8-16-28)34(43-30-17-9-4-10-18-30)36(41)39(37)32-20-12-11-19-31(32)38(33)35(40)27-13-5-2-6-14-27/h2-24,33-34H,25H2,1H3/t33-,34-,37+/m0/s1. The smallest absolute Gasteiger partial charge is 0.271 e. The predicted octanol–water partition coefficient (Wildman–Crippen LogP) is 7.18. The van der Waals surface area contributed by atoms with Gasteiger partial charge in [0.25, 0.3) is 11.8 Å². The summed E-state index contributed by atoms with van der Waals surface area (Å²) in [5, 5.41) is 0. The Morgan fingerprint density at radius 3 is 1.93 bits per heavy atom. The van der Waals surface area contributed by atoms with E-state index in [1.165, 1.54) is 0 Å². The molecule has 0 bridgehead atoms. The van der Waals surface area contributed by atoms with Crippen molar-refractivity contribution in [1.82, 2.24) is 0 Å². The van der Waals surface area contributed by atoms with Gasteiger partial charge in [-0.2, -0.15) is 0 Å². The topological polar surface area (TPSA) is 59.1 Å². The molecule has 7 rings (SSSR count). The van der Waals surface area contributed by atoms with Crippen molar-refractivity contribution in [3.05, 3.63) is 156 Å². The van der Waals surface area contributed by atoms with Crippen LogP contribution < -0.4 is 19.3 Å². The van der Waals surface area contributed by atoms with Gasteiger partial charge in [0.2, 0.25) is 6.10 Å². The number of hydrogen-bond donors (Lipinski definition) is 0. The van der Waals surface area contributed by atoms with Crippen LogP contribution in [0.5, 0.6) is 11.5 Å². The Morgan fingerprint density at radius 2 is 1.28 bits per heavy atom. The fraction of sp³-hybridized carbons (Fsp3) is 0.135. The Kier molecular flexibility index (Phi) is 6.67. The van der Waals surface area contributed by atoms with E-state index in [0.29, 0.717) is 29.1 Å². The van der Waals surface area contributed by atoms with Gasteiger partial charge < -0.3 is 9.47 Å². The summed E-state index contributed by atoms with van der Waals surface area (Å²) in [6.45, 7) is 0. The molecule has 2 aliphatic rings. The van der Waals surface area contributed by atoms with Gasteiger partial charge in [-0.3, -0.25) is 19.4 Å². The van der Waals surface area contributed by atoms with Gasteiger partial charge in [-0.05, 0) is 59.7 Å². The summed E-state index contributed by atoms with van der Waals surface area (Å²) in [5.41, 5.74) is 2.87. The molecule has 5 aromatic carbocycles. The van der Waals surface area contributed by atoms with Crippen LogP contribution in [0.1, 0.15) is 33.9 Å². The van der Waals surface area contributed by atoms with E-state index in [2.05, 4.69) is 0 Å². The lowest BCUT2D eigenvalue weighted by Gasteiger charge is -2.56. The molecule has 0 spiro atoms. The van der Waals surface area contributed by atoms with Crippen LogP contribution in [0.3, 0.4) is 0 Å². The number of hydrogen-bond acceptors (Lipinski definition) is 4. The number of anilines is 2. The lowest BCUT2D eigenvalue weighted by atomic mass is 9.70. The molecule has 2 amide bonds. The Morgan fingerprint density at radius 1 is 0.698 bits per heavy atom. The third-order valence-corrected chi connectivity index (χ3v) is 8.49. The van der Waals surface area contributed by atoms with E-state index in [9.17, 15) is 9.59 Å². The van der Waals surface area contributed by atoms with Crippen LogP contribution in [0.2, 0.25) is 0 Å². The molecule has 2 heterocycles. The minimum Gasteiger partial charge on any atom is -0.497 e. The van der Waals surface area contributed by atoms with Gasteiger partial charge in [0.15, 0.2) is 0 Å². The predicted molar refractivity (Wildman–Crippen MR) is 167 cm³/mol. The molecule has 0 aromatic heterocycles. The molecule has 0 unspecified atom stereocenters. The fourth-order valence-corrected chi connectivity index (χ4v) is 6.48. The zero-order valence-electron chi connectivity index (χ0n) is 23.7. The van der Waals surface area contributed by atoms with E-state index in [0.717, 1.165) is 16.9 Å². The van der Waals surface area contributed by atoms with Gasteiger partial charge in [-0.1, -0.05) is 91.0 Å². The average molecular weight is 567 g/mol. The fourth-order valence-electron chi connectivity index (χ4n) is 6.48. The summed E-state index contributed by atoms with van der Waals surface area (Å²) >= 11 is 0. The number of carbonyl (C=O) groups is 2. The molecule has 0 aliphatic carbocycles. The number of fused-ring (bicyclic) bond motifs is 3. The third kappa shape index (κ3) is 4.34. The summed E-state index contributed by atoms with van der Waals surface area (Å²) in [6, 6.07) is 43.8. The highest BCUT2D eigenvalue weighted by atomic mass is 16.5. The van der Waals surface area contributed by atoms with Gasteiger partial charge in [0.1, 0.15) is 17.0 Å². The number of methoxy groups -OCH3 is 1. The van der Waals surface area contributed by atoms with E-state index >= 15 is 0 Å². The molecule has 3 atom stereocenters. The second-order valence-corrected chi connectivity index (χ2v) is 10.8. The molecule has 1 fully saturated rings. The van der Waals surface area contributed by atoms with E-state index in [1.54, 1.807) is 7.11 Å². The van der Waals surface area contributed by atoms with Crippen molar-refractivity contribution in [2.24, 2.45) is 0 Å². The maximum Gasteiger partial charge on any atom is 0.271 e. The molecule has 0 N–H and O–H groups in total. The second kappa shape index (κ2) is 10.8.